The minimum absolute atomic E-state index is 0.332. The summed E-state index contributed by atoms with van der Waals surface area (Å²) in [4.78, 5) is 0. The number of nitrogens with one attached hydrogen (secondary N) is 1. The Balaban J connectivity index is 2.64. The largest absolute Gasteiger partial charge is 0.385 e. The van der Waals surface area contributed by atoms with E-state index in [0.717, 1.165) is 37.4 Å². The second-order valence-electron chi connectivity index (χ2n) is 4.16. The molecular weight excluding hydrogens is 234 g/mol. The van der Waals surface area contributed by atoms with Crippen LogP contribution in [0.1, 0.15) is 37.8 Å². The van der Waals surface area contributed by atoms with Gasteiger partial charge in [-0.15, -0.1) is 0 Å². The van der Waals surface area contributed by atoms with Crippen LogP contribution in [0.2, 0.25) is 5.02 Å². The van der Waals surface area contributed by atoms with Crippen molar-refractivity contribution in [2.45, 2.75) is 32.2 Å². The van der Waals surface area contributed by atoms with Crippen LogP contribution in [0.5, 0.6) is 0 Å². The number of methoxy groups -OCH3 is 1. The van der Waals surface area contributed by atoms with Crippen LogP contribution < -0.4 is 5.32 Å². The maximum Gasteiger partial charge on any atom is 0.0462 e. The van der Waals surface area contributed by atoms with Crippen LogP contribution in [0, 0.1) is 0 Å². The summed E-state index contributed by atoms with van der Waals surface area (Å²) in [6, 6.07) is 8.39. The third-order valence-electron chi connectivity index (χ3n) is 2.76. The van der Waals surface area contributed by atoms with E-state index in [2.05, 4.69) is 18.3 Å². The molecule has 1 aromatic carbocycles. The van der Waals surface area contributed by atoms with Gasteiger partial charge in [-0.05, 0) is 37.4 Å². The summed E-state index contributed by atoms with van der Waals surface area (Å²) in [5, 5.41) is 4.39. The van der Waals surface area contributed by atoms with Crippen molar-refractivity contribution in [3.63, 3.8) is 0 Å². The van der Waals surface area contributed by atoms with Gasteiger partial charge in [0.25, 0.3) is 0 Å². The zero-order valence-electron chi connectivity index (χ0n) is 10.7. The number of hydrogen-bond donors (Lipinski definition) is 1. The highest BCUT2D eigenvalue weighted by molar-refractivity contribution is 6.31. The van der Waals surface area contributed by atoms with Gasteiger partial charge in [-0.3, -0.25) is 0 Å². The van der Waals surface area contributed by atoms with Crippen LogP contribution >= 0.6 is 11.6 Å². The summed E-state index contributed by atoms with van der Waals surface area (Å²) < 4.78 is 5.10. The molecule has 1 aromatic rings. The van der Waals surface area contributed by atoms with Crippen LogP contribution in [0.15, 0.2) is 24.3 Å². The molecule has 3 heteroatoms. The van der Waals surface area contributed by atoms with Gasteiger partial charge in [0.2, 0.25) is 0 Å². The fourth-order valence-corrected chi connectivity index (χ4v) is 2.14. The quantitative estimate of drug-likeness (QED) is 0.714. The molecular formula is C14H22ClNO. The van der Waals surface area contributed by atoms with Gasteiger partial charge in [0.05, 0.1) is 0 Å². The van der Waals surface area contributed by atoms with E-state index in [1.54, 1.807) is 7.11 Å². The van der Waals surface area contributed by atoms with E-state index in [1.165, 1.54) is 5.56 Å². The zero-order chi connectivity index (χ0) is 12.5. The molecule has 0 fully saturated rings. The SMILES string of the molecule is CCCNC(CCCOC)c1ccccc1Cl. The standard InChI is InChI=1S/C14H22ClNO/c1-3-10-16-14(9-6-11-17-2)12-7-4-5-8-13(12)15/h4-5,7-8,14,16H,3,6,9-11H2,1-2H3. The average Bonchev–Trinajstić information content (AvgIpc) is 2.35. The maximum atomic E-state index is 6.24. The molecule has 0 aliphatic rings. The van der Waals surface area contributed by atoms with Gasteiger partial charge < -0.3 is 10.1 Å². The average molecular weight is 256 g/mol. The Morgan fingerprint density at radius 2 is 2.12 bits per heavy atom. The van der Waals surface area contributed by atoms with Gasteiger partial charge in [-0.1, -0.05) is 36.7 Å². The second kappa shape index (κ2) is 8.51. The van der Waals surface area contributed by atoms with Crippen molar-refractivity contribution in [2.75, 3.05) is 20.3 Å². The van der Waals surface area contributed by atoms with Crippen molar-refractivity contribution in [1.29, 1.82) is 0 Å². The minimum Gasteiger partial charge on any atom is -0.385 e. The summed E-state index contributed by atoms with van der Waals surface area (Å²) in [6.07, 6.45) is 3.23. The predicted molar refractivity (Wildman–Crippen MR) is 73.6 cm³/mol. The van der Waals surface area contributed by atoms with Gasteiger partial charge in [0.1, 0.15) is 0 Å². The van der Waals surface area contributed by atoms with Gasteiger partial charge in [0, 0.05) is 24.8 Å². The summed E-state index contributed by atoms with van der Waals surface area (Å²) >= 11 is 6.24. The highest BCUT2D eigenvalue weighted by Crippen LogP contribution is 2.25. The number of halogens is 1. The number of ether oxygens (including phenoxy) is 1. The van der Waals surface area contributed by atoms with Crippen LogP contribution in [0.4, 0.5) is 0 Å². The number of hydrogen-bond acceptors (Lipinski definition) is 2. The van der Waals surface area contributed by atoms with Crippen molar-refractivity contribution >= 4 is 11.6 Å². The zero-order valence-corrected chi connectivity index (χ0v) is 11.5. The molecule has 1 atom stereocenters. The Morgan fingerprint density at radius 3 is 2.76 bits per heavy atom. The first-order valence-corrected chi connectivity index (χ1v) is 6.64. The molecule has 0 bridgehead atoms. The van der Waals surface area contributed by atoms with Crippen molar-refractivity contribution in [1.82, 2.24) is 5.32 Å². The molecule has 0 saturated carbocycles. The van der Waals surface area contributed by atoms with E-state index in [4.69, 9.17) is 16.3 Å². The van der Waals surface area contributed by atoms with E-state index < -0.39 is 0 Å². The molecule has 96 valence electrons. The van der Waals surface area contributed by atoms with E-state index >= 15 is 0 Å². The lowest BCUT2D eigenvalue weighted by atomic mass is 10.0. The Kier molecular flexibility index (Phi) is 7.25. The number of benzene rings is 1. The summed E-state index contributed by atoms with van der Waals surface area (Å²) in [5.74, 6) is 0. The highest BCUT2D eigenvalue weighted by atomic mass is 35.5. The number of rotatable bonds is 8. The third kappa shape index (κ3) is 5.07. The first-order valence-electron chi connectivity index (χ1n) is 6.26. The lowest BCUT2D eigenvalue weighted by molar-refractivity contribution is 0.188. The van der Waals surface area contributed by atoms with Crippen LogP contribution in [0.25, 0.3) is 0 Å². The molecule has 1 unspecified atom stereocenters. The van der Waals surface area contributed by atoms with Crippen molar-refractivity contribution in [3.05, 3.63) is 34.9 Å². The first kappa shape index (κ1) is 14.5. The maximum absolute atomic E-state index is 6.24. The van der Waals surface area contributed by atoms with Crippen molar-refractivity contribution in [2.24, 2.45) is 0 Å². The fourth-order valence-electron chi connectivity index (χ4n) is 1.88. The smallest absolute Gasteiger partial charge is 0.0462 e. The normalized spacial score (nSPS) is 12.6. The van der Waals surface area contributed by atoms with Gasteiger partial charge in [-0.25, -0.2) is 0 Å². The Morgan fingerprint density at radius 1 is 1.35 bits per heavy atom. The Hall–Kier alpha value is -0.570. The van der Waals surface area contributed by atoms with Crippen LogP contribution in [0.3, 0.4) is 0 Å². The molecule has 0 saturated heterocycles. The monoisotopic (exact) mass is 255 g/mol. The Labute approximate surface area is 109 Å². The van der Waals surface area contributed by atoms with Gasteiger partial charge in [-0.2, -0.15) is 0 Å². The lowest BCUT2D eigenvalue weighted by Crippen LogP contribution is -2.22. The highest BCUT2D eigenvalue weighted by Gasteiger charge is 2.12. The molecule has 0 radical (unpaired) electrons. The fraction of sp³-hybridized carbons (Fsp3) is 0.571. The second-order valence-corrected chi connectivity index (χ2v) is 4.57. The van der Waals surface area contributed by atoms with Crippen LogP contribution in [-0.4, -0.2) is 20.3 Å². The van der Waals surface area contributed by atoms with E-state index in [0.29, 0.717) is 6.04 Å². The van der Waals surface area contributed by atoms with E-state index in [9.17, 15) is 0 Å². The third-order valence-corrected chi connectivity index (χ3v) is 3.11. The van der Waals surface area contributed by atoms with Crippen LogP contribution in [-0.2, 0) is 4.74 Å². The molecule has 0 heterocycles. The molecule has 0 amide bonds. The summed E-state index contributed by atoms with van der Waals surface area (Å²) in [6.45, 7) is 3.99. The summed E-state index contributed by atoms with van der Waals surface area (Å²) in [7, 11) is 1.74. The van der Waals surface area contributed by atoms with Gasteiger partial charge in [0.15, 0.2) is 0 Å². The Bertz CT molecular complexity index is 317. The minimum atomic E-state index is 0.332. The molecule has 0 aromatic heterocycles. The summed E-state index contributed by atoms with van der Waals surface area (Å²) in [5.41, 5.74) is 1.19. The topological polar surface area (TPSA) is 21.3 Å². The molecule has 17 heavy (non-hydrogen) atoms. The van der Waals surface area contributed by atoms with E-state index in [1.807, 2.05) is 18.2 Å². The molecule has 0 aliphatic heterocycles. The molecule has 0 spiro atoms. The lowest BCUT2D eigenvalue weighted by Gasteiger charge is -2.20. The molecule has 1 N–H and O–H groups in total. The van der Waals surface area contributed by atoms with E-state index in [-0.39, 0.29) is 0 Å². The first-order chi connectivity index (χ1) is 8.29. The predicted octanol–water partition coefficient (Wildman–Crippen LogP) is 3.81. The van der Waals surface area contributed by atoms with Gasteiger partial charge >= 0.3 is 0 Å². The molecule has 2 nitrogen and oxygen atoms in total. The van der Waals surface area contributed by atoms with Crippen molar-refractivity contribution in [3.8, 4) is 0 Å². The molecule has 0 aliphatic carbocycles. The van der Waals surface area contributed by atoms with Crippen molar-refractivity contribution < 1.29 is 4.74 Å². The molecule has 1 rings (SSSR count).